The van der Waals surface area contributed by atoms with E-state index in [1.807, 2.05) is 12.1 Å². The van der Waals surface area contributed by atoms with Crippen molar-refractivity contribution in [2.45, 2.75) is 38.1 Å². The molecule has 1 unspecified atom stereocenters. The minimum absolute atomic E-state index is 0.134. The van der Waals surface area contributed by atoms with Crippen LogP contribution < -0.4 is 5.73 Å². The van der Waals surface area contributed by atoms with Crippen LogP contribution in [-0.2, 0) is 33.0 Å². The molecule has 2 aromatic rings. The zero-order chi connectivity index (χ0) is 23.1. The van der Waals surface area contributed by atoms with Crippen molar-refractivity contribution in [1.82, 2.24) is 0 Å². The second kappa shape index (κ2) is 10.7. The molecule has 11 heteroatoms. The summed E-state index contributed by atoms with van der Waals surface area (Å²) in [6, 6.07) is 8.53. The van der Waals surface area contributed by atoms with Crippen LogP contribution in [0.1, 0.15) is 34.2 Å². The summed E-state index contributed by atoms with van der Waals surface area (Å²) in [7, 11) is -4.55. The Morgan fingerprint density at radius 3 is 2.45 bits per heavy atom. The predicted octanol–water partition coefficient (Wildman–Crippen LogP) is 4.09. The van der Waals surface area contributed by atoms with E-state index in [0.29, 0.717) is 18.4 Å². The summed E-state index contributed by atoms with van der Waals surface area (Å²) in [6.07, 6.45) is -3.28. The summed E-state index contributed by atoms with van der Waals surface area (Å²) >= 11 is 1.47. The molecule has 0 aliphatic rings. The van der Waals surface area contributed by atoms with Crippen LogP contribution in [0.4, 0.5) is 13.2 Å². The van der Waals surface area contributed by atoms with Crippen molar-refractivity contribution in [3.05, 3.63) is 57.3 Å². The largest absolute Gasteiger partial charge is 0.469 e. The fourth-order valence-corrected chi connectivity index (χ4v) is 3.77. The van der Waals surface area contributed by atoms with Crippen LogP contribution in [0, 0.1) is 11.8 Å². The average molecular weight is 477 g/mol. The fourth-order valence-electron chi connectivity index (χ4n) is 2.42. The molecule has 31 heavy (non-hydrogen) atoms. The lowest BCUT2D eigenvalue weighted by molar-refractivity contribution is -0.137. The zero-order valence-electron chi connectivity index (χ0n) is 16.7. The topological polar surface area (TPSA) is 102 Å². The molecule has 1 aromatic carbocycles. The number of nitrogens with two attached hydrogens (primary N) is 1. The highest BCUT2D eigenvalue weighted by atomic mass is 32.1. The number of thiophene rings is 1. The maximum absolute atomic E-state index is 12.5. The van der Waals surface area contributed by atoms with E-state index in [2.05, 4.69) is 16.4 Å². The molecule has 0 aliphatic carbocycles. The van der Waals surface area contributed by atoms with Gasteiger partial charge in [0, 0.05) is 10.4 Å². The number of aryl methyl sites for hydroxylation is 1. The van der Waals surface area contributed by atoms with Crippen LogP contribution >= 0.6 is 19.2 Å². The Bertz CT molecular complexity index is 958. The van der Waals surface area contributed by atoms with Crippen molar-refractivity contribution in [2.24, 2.45) is 5.73 Å². The van der Waals surface area contributed by atoms with E-state index < -0.39 is 25.1 Å². The molecule has 0 fully saturated rings. The number of ether oxygens (including phenoxy) is 1. The van der Waals surface area contributed by atoms with Gasteiger partial charge in [0.05, 0.1) is 23.7 Å². The van der Waals surface area contributed by atoms with Crippen LogP contribution in [0.15, 0.2) is 36.4 Å². The number of hydrogen-bond donors (Lipinski definition) is 3. The van der Waals surface area contributed by atoms with Crippen molar-refractivity contribution in [1.29, 1.82) is 0 Å². The summed E-state index contributed by atoms with van der Waals surface area (Å²) < 4.78 is 58.2. The first kappa shape index (κ1) is 25.6. The summed E-state index contributed by atoms with van der Waals surface area (Å²) in [5.74, 6) is 5.82. The third-order valence-corrected chi connectivity index (χ3v) is 5.63. The molecule has 1 atom stereocenters. The number of phosphoric acid groups is 1. The first-order valence-corrected chi connectivity index (χ1v) is 11.5. The first-order valence-electron chi connectivity index (χ1n) is 9.14. The van der Waals surface area contributed by atoms with E-state index in [1.165, 1.54) is 23.5 Å². The molecule has 0 radical (unpaired) electrons. The SMILES string of the molecule is CC(N)(CCc1ccc(C#CCOCc2ccc(C(F)(F)F)cc2)s1)COP(=O)(O)O. The van der Waals surface area contributed by atoms with Crippen LogP contribution in [0.25, 0.3) is 0 Å². The van der Waals surface area contributed by atoms with Crippen LogP contribution in [-0.4, -0.2) is 28.5 Å². The van der Waals surface area contributed by atoms with Gasteiger partial charge in [-0.25, -0.2) is 4.57 Å². The Hall–Kier alpha value is -1.70. The molecule has 4 N–H and O–H groups in total. The molecule has 1 aromatic heterocycles. The highest BCUT2D eigenvalue weighted by Gasteiger charge is 2.29. The van der Waals surface area contributed by atoms with E-state index >= 15 is 0 Å². The maximum Gasteiger partial charge on any atom is 0.469 e. The molecule has 0 bridgehead atoms. The number of halogens is 3. The second-order valence-electron chi connectivity index (χ2n) is 7.17. The first-order chi connectivity index (χ1) is 14.3. The van der Waals surface area contributed by atoms with Gasteiger partial charge in [-0.15, -0.1) is 11.3 Å². The van der Waals surface area contributed by atoms with Gasteiger partial charge in [-0.1, -0.05) is 24.0 Å². The van der Waals surface area contributed by atoms with Crippen molar-refractivity contribution in [3.63, 3.8) is 0 Å². The fraction of sp³-hybridized carbons (Fsp3) is 0.400. The van der Waals surface area contributed by atoms with E-state index in [0.717, 1.165) is 21.9 Å². The van der Waals surface area contributed by atoms with Gasteiger partial charge >= 0.3 is 14.0 Å². The number of rotatable bonds is 9. The van der Waals surface area contributed by atoms with Gasteiger partial charge in [-0.05, 0) is 49.6 Å². The van der Waals surface area contributed by atoms with Gasteiger partial charge in [0.15, 0.2) is 0 Å². The highest BCUT2D eigenvalue weighted by molar-refractivity contribution is 7.46. The Labute approximate surface area is 182 Å². The average Bonchev–Trinajstić information content (AvgIpc) is 3.12. The summed E-state index contributed by atoms with van der Waals surface area (Å²) in [5.41, 5.74) is 5.05. The van der Waals surface area contributed by atoms with Gasteiger partial charge in [0.25, 0.3) is 0 Å². The molecular formula is C20H23F3NO5PS. The van der Waals surface area contributed by atoms with E-state index in [-0.39, 0.29) is 19.8 Å². The van der Waals surface area contributed by atoms with E-state index in [1.54, 1.807) is 6.92 Å². The minimum atomic E-state index is -4.55. The molecular weight excluding hydrogens is 454 g/mol. The molecule has 170 valence electrons. The van der Waals surface area contributed by atoms with Gasteiger partial charge < -0.3 is 20.3 Å². The molecule has 0 saturated carbocycles. The molecule has 0 saturated heterocycles. The van der Waals surface area contributed by atoms with E-state index in [4.69, 9.17) is 20.3 Å². The Balaban J connectivity index is 1.75. The lowest BCUT2D eigenvalue weighted by Gasteiger charge is -2.24. The Morgan fingerprint density at radius 1 is 1.16 bits per heavy atom. The molecule has 0 aliphatic heterocycles. The standard InChI is InChI=1S/C20H23F3NO5PS/c1-19(24,14-29-30(25,26)27)11-10-18-9-8-17(31-18)3-2-12-28-13-15-4-6-16(7-5-15)20(21,22)23/h4-9H,10-14,24H2,1H3,(H2,25,26,27). The summed E-state index contributed by atoms with van der Waals surface area (Å²) in [5, 5.41) is 0. The van der Waals surface area contributed by atoms with Gasteiger partial charge in [-0.3, -0.25) is 4.52 Å². The predicted molar refractivity (Wildman–Crippen MR) is 111 cm³/mol. The van der Waals surface area contributed by atoms with E-state index in [9.17, 15) is 17.7 Å². The van der Waals surface area contributed by atoms with Crippen LogP contribution in [0.2, 0.25) is 0 Å². The lowest BCUT2D eigenvalue weighted by atomic mass is 9.98. The third-order valence-electron chi connectivity index (χ3n) is 4.10. The molecule has 6 nitrogen and oxygen atoms in total. The highest BCUT2D eigenvalue weighted by Crippen LogP contribution is 2.37. The summed E-state index contributed by atoms with van der Waals surface area (Å²) in [6.45, 7) is 1.69. The van der Waals surface area contributed by atoms with Crippen LogP contribution in [0.5, 0.6) is 0 Å². The smallest absolute Gasteiger partial charge is 0.364 e. The monoisotopic (exact) mass is 477 g/mol. The van der Waals surface area contributed by atoms with Crippen molar-refractivity contribution >= 4 is 19.2 Å². The van der Waals surface area contributed by atoms with Gasteiger partial charge in [0.2, 0.25) is 0 Å². The number of benzene rings is 1. The molecule has 0 amide bonds. The zero-order valence-corrected chi connectivity index (χ0v) is 18.4. The maximum atomic E-state index is 12.5. The third kappa shape index (κ3) is 9.97. The van der Waals surface area contributed by atoms with Crippen molar-refractivity contribution in [2.75, 3.05) is 13.2 Å². The van der Waals surface area contributed by atoms with Crippen molar-refractivity contribution < 1.29 is 36.8 Å². The second-order valence-corrected chi connectivity index (χ2v) is 9.58. The van der Waals surface area contributed by atoms with Crippen molar-refractivity contribution in [3.8, 4) is 11.8 Å². The van der Waals surface area contributed by atoms with Crippen LogP contribution in [0.3, 0.4) is 0 Å². The molecule has 0 spiro atoms. The normalized spacial score (nSPS) is 14.0. The Morgan fingerprint density at radius 2 is 1.84 bits per heavy atom. The lowest BCUT2D eigenvalue weighted by Crippen LogP contribution is -2.41. The molecule has 2 rings (SSSR count). The van der Waals surface area contributed by atoms with Gasteiger partial charge in [0.1, 0.15) is 6.61 Å². The number of hydrogen-bond acceptors (Lipinski definition) is 5. The molecule has 1 heterocycles. The summed E-state index contributed by atoms with van der Waals surface area (Å²) in [4.78, 5) is 19.4. The van der Waals surface area contributed by atoms with Gasteiger partial charge in [-0.2, -0.15) is 13.2 Å². The quantitative estimate of drug-likeness (QED) is 0.286. The Kier molecular flexibility index (Phi) is 8.86. The number of alkyl halides is 3. The minimum Gasteiger partial charge on any atom is -0.364 e. The number of phosphoric ester groups is 1.